The molecule has 0 aliphatic heterocycles. The molecule has 1 heterocycles. The summed E-state index contributed by atoms with van der Waals surface area (Å²) < 4.78 is 14.9. The van der Waals surface area contributed by atoms with Crippen LogP contribution in [0.5, 0.6) is 0 Å². The molecule has 1 aromatic heterocycles. The van der Waals surface area contributed by atoms with Crippen molar-refractivity contribution >= 4 is 11.9 Å². The molecule has 7 heteroatoms. The van der Waals surface area contributed by atoms with Crippen LogP contribution < -0.4 is 5.32 Å². The van der Waals surface area contributed by atoms with Crippen molar-refractivity contribution in [3.8, 4) is 0 Å². The van der Waals surface area contributed by atoms with Gasteiger partial charge < -0.3 is 24.3 Å². The van der Waals surface area contributed by atoms with Crippen molar-refractivity contribution in [1.82, 2.24) is 5.32 Å². The highest BCUT2D eigenvalue weighted by atomic mass is 16.5. The molecule has 2 N–H and O–H groups in total. The van der Waals surface area contributed by atoms with Crippen molar-refractivity contribution in [2.75, 3.05) is 33.5 Å². The molecule has 0 unspecified atom stereocenters. The highest BCUT2D eigenvalue weighted by molar-refractivity contribution is 5.95. The fraction of sp³-hybridized carbons (Fsp3) is 0.500. The van der Waals surface area contributed by atoms with Gasteiger partial charge in [0.05, 0.1) is 31.6 Å². The van der Waals surface area contributed by atoms with Gasteiger partial charge in [0, 0.05) is 13.7 Å². The first kappa shape index (κ1) is 15.2. The van der Waals surface area contributed by atoms with Crippen LogP contribution in [0.1, 0.15) is 16.1 Å². The minimum absolute atomic E-state index is 0.144. The minimum Gasteiger partial charge on any atom is -0.481 e. The first-order chi connectivity index (χ1) is 9.15. The zero-order valence-corrected chi connectivity index (χ0v) is 10.7. The topological polar surface area (TPSA) is 98.0 Å². The summed E-state index contributed by atoms with van der Waals surface area (Å²) in [7, 11) is 1.58. The van der Waals surface area contributed by atoms with Crippen LogP contribution in [0, 0.1) is 0 Å². The predicted octanol–water partition coefficient (Wildman–Crippen LogP) is 0.299. The van der Waals surface area contributed by atoms with E-state index in [2.05, 4.69) is 5.32 Å². The van der Waals surface area contributed by atoms with Gasteiger partial charge in [-0.3, -0.25) is 9.59 Å². The third kappa shape index (κ3) is 5.54. The SMILES string of the molecule is COCCOCCNC(=O)c1ccoc1CC(=O)O. The van der Waals surface area contributed by atoms with E-state index in [-0.39, 0.29) is 23.7 Å². The Kier molecular flexibility index (Phi) is 6.62. The number of carbonyl (C=O) groups excluding carboxylic acids is 1. The van der Waals surface area contributed by atoms with Crippen LogP contribution in [-0.2, 0) is 20.7 Å². The van der Waals surface area contributed by atoms with Gasteiger partial charge in [0.15, 0.2) is 0 Å². The van der Waals surface area contributed by atoms with E-state index < -0.39 is 5.97 Å². The van der Waals surface area contributed by atoms with Gasteiger partial charge in [-0.1, -0.05) is 0 Å². The summed E-state index contributed by atoms with van der Waals surface area (Å²) in [5.41, 5.74) is 0.235. The van der Waals surface area contributed by atoms with Crippen molar-refractivity contribution in [2.24, 2.45) is 0 Å². The van der Waals surface area contributed by atoms with E-state index in [9.17, 15) is 9.59 Å². The Bertz CT molecular complexity index is 414. The summed E-state index contributed by atoms with van der Waals surface area (Å²) >= 11 is 0. The standard InChI is InChI=1S/C12H17NO6/c1-17-6-7-18-5-3-13-12(16)9-2-4-19-10(9)8-11(14)15/h2,4H,3,5-8H2,1H3,(H,13,16)(H,14,15). The van der Waals surface area contributed by atoms with E-state index >= 15 is 0 Å². The molecule has 106 valence electrons. The average Bonchev–Trinajstić information content (AvgIpc) is 2.80. The monoisotopic (exact) mass is 271 g/mol. The van der Waals surface area contributed by atoms with Gasteiger partial charge in [0.2, 0.25) is 0 Å². The van der Waals surface area contributed by atoms with E-state index in [1.54, 1.807) is 7.11 Å². The van der Waals surface area contributed by atoms with E-state index in [0.717, 1.165) is 0 Å². The summed E-state index contributed by atoms with van der Waals surface area (Å²) in [6.45, 7) is 1.65. The fourth-order valence-electron chi connectivity index (χ4n) is 1.39. The zero-order chi connectivity index (χ0) is 14.1. The van der Waals surface area contributed by atoms with Crippen LogP contribution in [-0.4, -0.2) is 50.5 Å². The molecule has 0 bridgehead atoms. The van der Waals surface area contributed by atoms with Crippen molar-refractivity contribution in [3.05, 3.63) is 23.7 Å². The third-order valence-electron chi connectivity index (χ3n) is 2.27. The van der Waals surface area contributed by atoms with Gasteiger partial charge in [-0.05, 0) is 6.07 Å². The maximum absolute atomic E-state index is 11.8. The number of nitrogens with one attached hydrogen (secondary N) is 1. The summed E-state index contributed by atoms with van der Waals surface area (Å²) in [5.74, 6) is -1.28. The molecule has 0 aliphatic carbocycles. The second-order valence-electron chi connectivity index (χ2n) is 3.69. The molecule has 1 rings (SSSR count). The third-order valence-corrected chi connectivity index (χ3v) is 2.27. The molecule has 0 fully saturated rings. The normalized spacial score (nSPS) is 10.4. The van der Waals surface area contributed by atoms with Crippen molar-refractivity contribution in [3.63, 3.8) is 0 Å². The van der Waals surface area contributed by atoms with Crippen LogP contribution in [0.15, 0.2) is 16.7 Å². The number of methoxy groups -OCH3 is 1. The van der Waals surface area contributed by atoms with Crippen LogP contribution >= 0.6 is 0 Å². The minimum atomic E-state index is -1.05. The highest BCUT2D eigenvalue weighted by Crippen LogP contribution is 2.11. The number of carbonyl (C=O) groups is 2. The first-order valence-electron chi connectivity index (χ1n) is 5.78. The number of hydrogen-bond donors (Lipinski definition) is 2. The Hall–Kier alpha value is -1.86. The number of furan rings is 1. The lowest BCUT2D eigenvalue weighted by Crippen LogP contribution is -2.28. The number of aliphatic carboxylic acids is 1. The summed E-state index contributed by atoms with van der Waals surface area (Å²) in [4.78, 5) is 22.3. The maximum atomic E-state index is 11.8. The quantitative estimate of drug-likeness (QED) is 0.627. The smallest absolute Gasteiger partial charge is 0.311 e. The number of carboxylic acid groups (broad SMARTS) is 1. The van der Waals surface area contributed by atoms with Crippen molar-refractivity contribution in [2.45, 2.75) is 6.42 Å². The van der Waals surface area contributed by atoms with Crippen LogP contribution in [0.4, 0.5) is 0 Å². The van der Waals surface area contributed by atoms with Crippen LogP contribution in [0.3, 0.4) is 0 Å². The van der Waals surface area contributed by atoms with Crippen molar-refractivity contribution in [1.29, 1.82) is 0 Å². The van der Waals surface area contributed by atoms with Crippen LogP contribution in [0.25, 0.3) is 0 Å². The Labute approximate surface area is 110 Å². The Balaban J connectivity index is 2.33. The second-order valence-corrected chi connectivity index (χ2v) is 3.69. The molecular weight excluding hydrogens is 254 g/mol. The maximum Gasteiger partial charge on any atom is 0.311 e. The molecule has 0 aliphatic rings. The number of amides is 1. The molecule has 0 radical (unpaired) electrons. The number of hydrogen-bond acceptors (Lipinski definition) is 5. The lowest BCUT2D eigenvalue weighted by molar-refractivity contribution is -0.136. The van der Waals surface area contributed by atoms with E-state index in [0.29, 0.717) is 26.4 Å². The van der Waals surface area contributed by atoms with E-state index in [1.807, 2.05) is 0 Å². The molecule has 1 aromatic rings. The molecule has 0 atom stereocenters. The zero-order valence-electron chi connectivity index (χ0n) is 10.7. The summed E-state index contributed by atoms with van der Waals surface area (Å²) in [6, 6.07) is 1.44. The van der Waals surface area contributed by atoms with Gasteiger partial charge >= 0.3 is 5.97 Å². The molecule has 7 nitrogen and oxygen atoms in total. The molecule has 0 saturated heterocycles. The Morgan fingerprint density at radius 1 is 1.37 bits per heavy atom. The molecular formula is C12H17NO6. The Morgan fingerprint density at radius 2 is 2.16 bits per heavy atom. The second kappa shape index (κ2) is 8.28. The van der Waals surface area contributed by atoms with Crippen molar-refractivity contribution < 1.29 is 28.6 Å². The summed E-state index contributed by atoms with van der Waals surface area (Å²) in [6.07, 6.45) is 0.975. The molecule has 0 aromatic carbocycles. The van der Waals surface area contributed by atoms with Gasteiger partial charge in [-0.15, -0.1) is 0 Å². The largest absolute Gasteiger partial charge is 0.481 e. The van der Waals surface area contributed by atoms with Crippen LogP contribution in [0.2, 0.25) is 0 Å². The lowest BCUT2D eigenvalue weighted by Gasteiger charge is -2.06. The number of carboxylic acids is 1. The number of ether oxygens (including phenoxy) is 2. The summed E-state index contributed by atoms with van der Waals surface area (Å²) in [5, 5.41) is 11.3. The Morgan fingerprint density at radius 3 is 2.84 bits per heavy atom. The predicted molar refractivity (Wildman–Crippen MR) is 65.1 cm³/mol. The van der Waals surface area contributed by atoms with E-state index in [1.165, 1.54) is 12.3 Å². The van der Waals surface area contributed by atoms with E-state index in [4.69, 9.17) is 19.0 Å². The first-order valence-corrected chi connectivity index (χ1v) is 5.78. The lowest BCUT2D eigenvalue weighted by atomic mass is 10.2. The molecule has 0 spiro atoms. The number of rotatable bonds is 9. The highest BCUT2D eigenvalue weighted by Gasteiger charge is 2.16. The molecule has 1 amide bonds. The van der Waals surface area contributed by atoms with Gasteiger partial charge in [0.25, 0.3) is 5.91 Å². The van der Waals surface area contributed by atoms with Gasteiger partial charge in [0.1, 0.15) is 12.2 Å². The molecule has 0 saturated carbocycles. The fourth-order valence-corrected chi connectivity index (χ4v) is 1.39. The van der Waals surface area contributed by atoms with Gasteiger partial charge in [-0.2, -0.15) is 0 Å². The average molecular weight is 271 g/mol. The molecule has 19 heavy (non-hydrogen) atoms. The van der Waals surface area contributed by atoms with Gasteiger partial charge in [-0.25, -0.2) is 0 Å².